The molecule has 1 amide bonds. The van der Waals surface area contributed by atoms with Crippen molar-refractivity contribution in [1.29, 1.82) is 0 Å². The van der Waals surface area contributed by atoms with Crippen LogP contribution < -0.4 is 10.6 Å². The van der Waals surface area contributed by atoms with Crippen molar-refractivity contribution >= 4 is 50.6 Å². The van der Waals surface area contributed by atoms with E-state index in [4.69, 9.17) is 21.4 Å². The molecule has 8 heteroatoms. The van der Waals surface area contributed by atoms with Gasteiger partial charge in [-0.05, 0) is 31.9 Å². The Morgan fingerprint density at radius 2 is 2.08 bits per heavy atom. The second-order valence-electron chi connectivity index (χ2n) is 5.73. The van der Waals surface area contributed by atoms with Gasteiger partial charge in [0.05, 0.1) is 22.0 Å². The van der Waals surface area contributed by atoms with Crippen molar-refractivity contribution in [1.82, 2.24) is 5.32 Å². The van der Waals surface area contributed by atoms with Crippen LogP contribution in [-0.2, 0) is 16.1 Å². The van der Waals surface area contributed by atoms with Crippen LogP contribution in [0.25, 0.3) is 10.1 Å². The van der Waals surface area contributed by atoms with Gasteiger partial charge in [0.15, 0.2) is 0 Å². The van der Waals surface area contributed by atoms with E-state index in [0.29, 0.717) is 22.1 Å². The van der Waals surface area contributed by atoms with Crippen molar-refractivity contribution in [2.24, 2.45) is 0 Å². The molecule has 1 aromatic carbocycles. The second kappa shape index (κ2) is 9.87. The average Bonchev–Trinajstić information content (AvgIpc) is 2.95. The third-order valence-electron chi connectivity index (χ3n) is 3.72. The maximum Gasteiger partial charge on any atom is 0.350 e. The van der Waals surface area contributed by atoms with Crippen LogP contribution in [0, 0.1) is 0 Å². The smallest absolute Gasteiger partial charge is 0.350 e. The third-order valence-corrected chi connectivity index (χ3v) is 5.46. The summed E-state index contributed by atoms with van der Waals surface area (Å²) in [5.41, 5.74) is 1.36. The number of nitrogens with one attached hydrogen (secondary N) is 2. The molecule has 0 aliphatic rings. The molecule has 0 saturated carbocycles. The first-order chi connectivity index (χ1) is 12.5. The van der Waals surface area contributed by atoms with Gasteiger partial charge in [0, 0.05) is 25.5 Å². The molecular formula is C18H23ClN2O4S. The van der Waals surface area contributed by atoms with Crippen LogP contribution in [0.2, 0.25) is 5.02 Å². The standard InChI is InChI=1S/C18H23ClN2O4S/c1-3-25-18(24)17-15(21-11(2)23)13-7-6-12(14(19)16(13)26-17)10-20-8-4-5-9-22/h6-7,20,22H,3-5,8-10H2,1-2H3,(H,21,23). The van der Waals surface area contributed by atoms with Gasteiger partial charge in [-0.25, -0.2) is 4.79 Å². The van der Waals surface area contributed by atoms with Gasteiger partial charge in [0.1, 0.15) is 4.88 Å². The summed E-state index contributed by atoms with van der Waals surface area (Å²) in [5, 5.41) is 16.1. The highest BCUT2D eigenvalue weighted by molar-refractivity contribution is 7.22. The molecule has 0 spiro atoms. The molecule has 26 heavy (non-hydrogen) atoms. The largest absolute Gasteiger partial charge is 0.462 e. The fraction of sp³-hybridized carbons (Fsp3) is 0.444. The van der Waals surface area contributed by atoms with E-state index in [1.54, 1.807) is 6.92 Å². The van der Waals surface area contributed by atoms with Crippen LogP contribution in [0.1, 0.15) is 41.9 Å². The fourth-order valence-electron chi connectivity index (χ4n) is 2.53. The number of ether oxygens (including phenoxy) is 1. The number of thiophene rings is 1. The van der Waals surface area contributed by atoms with Gasteiger partial charge < -0.3 is 20.5 Å². The molecule has 142 valence electrons. The second-order valence-corrected chi connectivity index (χ2v) is 7.13. The molecule has 0 unspecified atom stereocenters. The highest BCUT2D eigenvalue weighted by Crippen LogP contribution is 2.41. The normalized spacial score (nSPS) is 10.9. The summed E-state index contributed by atoms with van der Waals surface area (Å²) in [6.07, 6.45) is 1.64. The van der Waals surface area contributed by atoms with Gasteiger partial charge in [-0.15, -0.1) is 11.3 Å². The van der Waals surface area contributed by atoms with Crippen molar-refractivity contribution in [2.75, 3.05) is 25.1 Å². The summed E-state index contributed by atoms with van der Waals surface area (Å²) in [4.78, 5) is 24.1. The SMILES string of the molecule is CCOC(=O)c1sc2c(Cl)c(CNCCCCO)ccc2c1NC(C)=O. The number of hydrogen-bond donors (Lipinski definition) is 3. The number of halogens is 1. The lowest BCUT2D eigenvalue weighted by Crippen LogP contribution is -2.15. The van der Waals surface area contributed by atoms with Crippen LogP contribution in [0.3, 0.4) is 0 Å². The van der Waals surface area contributed by atoms with Crippen LogP contribution in [0.5, 0.6) is 0 Å². The average molecular weight is 399 g/mol. The predicted octanol–water partition coefficient (Wildman–Crippen LogP) is 3.55. The minimum absolute atomic E-state index is 0.187. The van der Waals surface area contributed by atoms with Crippen molar-refractivity contribution in [3.8, 4) is 0 Å². The van der Waals surface area contributed by atoms with Gasteiger partial charge in [-0.2, -0.15) is 0 Å². The van der Waals surface area contributed by atoms with Crippen LogP contribution >= 0.6 is 22.9 Å². The summed E-state index contributed by atoms with van der Waals surface area (Å²) < 4.78 is 5.84. The number of aliphatic hydroxyl groups excluding tert-OH is 1. The molecule has 0 radical (unpaired) electrons. The summed E-state index contributed by atoms with van der Waals surface area (Å²) in [5.74, 6) is -0.738. The number of anilines is 1. The number of unbranched alkanes of at least 4 members (excludes halogenated alkanes) is 1. The number of esters is 1. The Morgan fingerprint density at radius 1 is 1.31 bits per heavy atom. The molecule has 0 aliphatic heterocycles. The predicted molar refractivity (Wildman–Crippen MR) is 105 cm³/mol. The Kier molecular flexibility index (Phi) is 7.84. The van der Waals surface area contributed by atoms with E-state index in [9.17, 15) is 9.59 Å². The molecule has 6 nitrogen and oxygen atoms in total. The van der Waals surface area contributed by atoms with Gasteiger partial charge in [-0.3, -0.25) is 4.79 Å². The number of carbonyl (C=O) groups is 2. The number of amides is 1. The number of carbonyl (C=O) groups excluding carboxylic acids is 2. The van der Waals surface area contributed by atoms with E-state index in [-0.39, 0.29) is 19.1 Å². The van der Waals surface area contributed by atoms with Crippen molar-refractivity contribution in [2.45, 2.75) is 33.2 Å². The van der Waals surface area contributed by atoms with E-state index in [1.807, 2.05) is 12.1 Å². The zero-order valence-corrected chi connectivity index (χ0v) is 16.4. The summed E-state index contributed by atoms with van der Waals surface area (Å²) >= 11 is 7.77. The van der Waals surface area contributed by atoms with E-state index in [1.165, 1.54) is 18.3 Å². The molecule has 2 rings (SSSR count). The van der Waals surface area contributed by atoms with E-state index < -0.39 is 5.97 Å². The van der Waals surface area contributed by atoms with Crippen LogP contribution in [0.4, 0.5) is 5.69 Å². The van der Waals surface area contributed by atoms with Crippen molar-refractivity contribution in [3.63, 3.8) is 0 Å². The number of benzene rings is 1. The van der Waals surface area contributed by atoms with E-state index >= 15 is 0 Å². The molecule has 1 heterocycles. The molecule has 3 N–H and O–H groups in total. The van der Waals surface area contributed by atoms with Gasteiger partial charge >= 0.3 is 5.97 Å². The molecule has 2 aromatic rings. The van der Waals surface area contributed by atoms with Crippen molar-refractivity contribution in [3.05, 3.63) is 27.6 Å². The Bertz CT molecular complexity index is 791. The maximum atomic E-state index is 12.2. The molecule has 0 fully saturated rings. The van der Waals surface area contributed by atoms with E-state index in [0.717, 1.165) is 35.0 Å². The maximum absolute atomic E-state index is 12.2. The molecule has 0 atom stereocenters. The number of fused-ring (bicyclic) bond motifs is 1. The zero-order valence-electron chi connectivity index (χ0n) is 14.9. The highest BCUT2D eigenvalue weighted by Gasteiger charge is 2.22. The third kappa shape index (κ3) is 4.94. The lowest BCUT2D eigenvalue weighted by atomic mass is 10.1. The Labute approximate surface area is 161 Å². The Balaban J connectivity index is 2.33. The van der Waals surface area contributed by atoms with Gasteiger partial charge in [0.25, 0.3) is 0 Å². The minimum atomic E-state index is -0.475. The summed E-state index contributed by atoms with van der Waals surface area (Å²) in [6, 6.07) is 3.74. The molecule has 0 saturated heterocycles. The van der Waals surface area contributed by atoms with Gasteiger partial charge in [0.2, 0.25) is 5.91 Å². The van der Waals surface area contributed by atoms with E-state index in [2.05, 4.69) is 10.6 Å². The lowest BCUT2D eigenvalue weighted by Gasteiger charge is -2.08. The summed E-state index contributed by atoms with van der Waals surface area (Å²) in [7, 11) is 0. The Hall–Kier alpha value is -1.67. The number of hydrogen-bond acceptors (Lipinski definition) is 6. The minimum Gasteiger partial charge on any atom is -0.462 e. The highest BCUT2D eigenvalue weighted by atomic mass is 35.5. The first-order valence-corrected chi connectivity index (χ1v) is 9.69. The first kappa shape index (κ1) is 20.6. The number of rotatable bonds is 9. The molecule has 0 bridgehead atoms. The quantitative estimate of drug-likeness (QED) is 0.444. The molecular weight excluding hydrogens is 376 g/mol. The van der Waals surface area contributed by atoms with Crippen molar-refractivity contribution < 1.29 is 19.4 Å². The number of aliphatic hydroxyl groups is 1. The first-order valence-electron chi connectivity index (χ1n) is 8.49. The zero-order chi connectivity index (χ0) is 19.1. The topological polar surface area (TPSA) is 87.7 Å². The fourth-order valence-corrected chi connectivity index (χ4v) is 3.99. The molecule has 1 aromatic heterocycles. The summed E-state index contributed by atoms with van der Waals surface area (Å²) in [6.45, 7) is 4.93. The lowest BCUT2D eigenvalue weighted by molar-refractivity contribution is -0.114. The Morgan fingerprint density at radius 3 is 2.73 bits per heavy atom. The van der Waals surface area contributed by atoms with Crippen LogP contribution in [0.15, 0.2) is 12.1 Å². The monoisotopic (exact) mass is 398 g/mol. The van der Waals surface area contributed by atoms with Crippen LogP contribution in [-0.4, -0.2) is 36.7 Å². The van der Waals surface area contributed by atoms with Gasteiger partial charge in [-0.1, -0.05) is 23.7 Å². The molecule has 0 aliphatic carbocycles.